The fourth-order valence-corrected chi connectivity index (χ4v) is 4.58. The van der Waals surface area contributed by atoms with Crippen molar-refractivity contribution in [1.82, 2.24) is 14.3 Å². The molecule has 0 saturated carbocycles. The van der Waals surface area contributed by atoms with Gasteiger partial charge in [0.05, 0.1) is 4.90 Å². The van der Waals surface area contributed by atoms with Gasteiger partial charge in [0.2, 0.25) is 16.0 Å². The lowest BCUT2D eigenvalue weighted by Gasteiger charge is -2.34. The molecule has 1 fully saturated rings. The Balaban J connectivity index is 1.73. The number of sulfonamides is 1. The normalized spacial score (nSPS) is 16.0. The molecule has 148 valence electrons. The van der Waals surface area contributed by atoms with Gasteiger partial charge in [-0.05, 0) is 36.1 Å². The third kappa shape index (κ3) is 4.16. The fraction of sp³-hybridized carbons (Fsp3) is 0.450. The van der Waals surface area contributed by atoms with Crippen molar-refractivity contribution >= 4 is 16.0 Å². The number of nitrogens with zero attached hydrogens (tertiary/aromatic N) is 5. The first-order valence-electron chi connectivity index (χ1n) is 9.23. The Morgan fingerprint density at radius 3 is 2.18 bits per heavy atom. The highest BCUT2D eigenvalue weighted by Gasteiger charge is 2.29. The van der Waals surface area contributed by atoms with E-state index in [1.165, 1.54) is 4.31 Å². The molecule has 28 heavy (non-hydrogen) atoms. The van der Waals surface area contributed by atoms with E-state index in [1.807, 2.05) is 30.0 Å². The largest absolute Gasteiger partial charge is 0.338 e. The van der Waals surface area contributed by atoms with Crippen LogP contribution in [0.5, 0.6) is 0 Å². The van der Waals surface area contributed by atoms with Crippen molar-refractivity contribution < 1.29 is 8.42 Å². The van der Waals surface area contributed by atoms with Crippen LogP contribution in [-0.4, -0.2) is 48.9 Å². The minimum absolute atomic E-state index is 0.0238. The molecule has 7 nitrogen and oxygen atoms in total. The number of piperazine rings is 1. The van der Waals surface area contributed by atoms with Crippen LogP contribution in [0.1, 0.15) is 37.7 Å². The van der Waals surface area contributed by atoms with E-state index >= 15 is 0 Å². The van der Waals surface area contributed by atoms with E-state index < -0.39 is 10.0 Å². The van der Waals surface area contributed by atoms with Gasteiger partial charge in [-0.3, -0.25) is 0 Å². The zero-order valence-electron chi connectivity index (χ0n) is 16.7. The number of nitriles is 1. The topological polar surface area (TPSA) is 90.2 Å². The zero-order valence-corrected chi connectivity index (χ0v) is 17.5. The summed E-state index contributed by atoms with van der Waals surface area (Å²) < 4.78 is 27.5. The van der Waals surface area contributed by atoms with Crippen molar-refractivity contribution in [1.29, 1.82) is 5.26 Å². The maximum absolute atomic E-state index is 13.0. The second-order valence-corrected chi connectivity index (χ2v) is 9.91. The van der Waals surface area contributed by atoms with Gasteiger partial charge in [-0.15, -0.1) is 0 Å². The standard InChI is InChI=1S/C20H25N5O2S/c1-15-13-17(14-21)23-19(22-15)24-9-11-25(12-10-24)28(26,27)18-7-5-16(6-8-18)20(2,3)4/h5-8,13H,9-12H2,1-4H3. The van der Waals surface area contributed by atoms with Crippen molar-refractivity contribution in [2.24, 2.45) is 0 Å². The Morgan fingerprint density at radius 2 is 1.64 bits per heavy atom. The average Bonchev–Trinajstić information content (AvgIpc) is 2.67. The molecule has 0 atom stereocenters. The van der Waals surface area contributed by atoms with Crippen molar-refractivity contribution in [3.05, 3.63) is 47.3 Å². The van der Waals surface area contributed by atoms with Gasteiger partial charge in [0.25, 0.3) is 0 Å². The summed E-state index contributed by atoms with van der Waals surface area (Å²) in [5.74, 6) is 0.475. The monoisotopic (exact) mass is 399 g/mol. The molecule has 8 heteroatoms. The molecule has 0 spiro atoms. The summed E-state index contributed by atoms with van der Waals surface area (Å²) in [6, 6.07) is 10.8. The van der Waals surface area contributed by atoms with Crippen LogP contribution >= 0.6 is 0 Å². The van der Waals surface area contributed by atoms with Crippen LogP contribution < -0.4 is 4.90 Å². The van der Waals surface area contributed by atoms with E-state index in [4.69, 9.17) is 5.26 Å². The molecule has 2 aromatic rings. The molecular weight excluding hydrogens is 374 g/mol. The summed E-state index contributed by atoms with van der Waals surface area (Å²) in [7, 11) is -3.54. The summed E-state index contributed by atoms with van der Waals surface area (Å²) in [4.78, 5) is 10.9. The van der Waals surface area contributed by atoms with Gasteiger partial charge in [0.15, 0.2) is 0 Å². The SMILES string of the molecule is Cc1cc(C#N)nc(N2CCN(S(=O)(=O)c3ccc(C(C)(C)C)cc3)CC2)n1. The van der Waals surface area contributed by atoms with Gasteiger partial charge in [-0.25, -0.2) is 18.4 Å². The van der Waals surface area contributed by atoms with Gasteiger partial charge in [0, 0.05) is 31.9 Å². The lowest BCUT2D eigenvalue weighted by molar-refractivity contribution is 0.382. The second kappa shape index (κ2) is 7.49. The summed E-state index contributed by atoms with van der Waals surface area (Å²) >= 11 is 0. The molecule has 0 N–H and O–H groups in total. The molecule has 2 heterocycles. The van der Waals surface area contributed by atoms with E-state index in [9.17, 15) is 8.42 Å². The van der Waals surface area contributed by atoms with Gasteiger partial charge < -0.3 is 4.90 Å². The summed E-state index contributed by atoms with van der Waals surface area (Å²) in [5, 5.41) is 9.08. The Kier molecular flexibility index (Phi) is 5.41. The van der Waals surface area contributed by atoms with E-state index in [0.717, 1.165) is 11.3 Å². The molecule has 3 rings (SSSR count). The summed E-state index contributed by atoms with van der Waals surface area (Å²) in [5.41, 5.74) is 2.11. The van der Waals surface area contributed by atoms with Crippen molar-refractivity contribution in [2.45, 2.75) is 38.0 Å². The first-order chi connectivity index (χ1) is 13.1. The molecule has 0 amide bonds. The highest BCUT2D eigenvalue weighted by atomic mass is 32.2. The van der Waals surface area contributed by atoms with Crippen LogP contribution in [-0.2, 0) is 15.4 Å². The van der Waals surface area contributed by atoms with Crippen LogP contribution in [0.2, 0.25) is 0 Å². The molecule has 1 aliphatic rings. The lowest BCUT2D eigenvalue weighted by atomic mass is 9.87. The van der Waals surface area contributed by atoms with Crippen LogP contribution in [0.4, 0.5) is 5.95 Å². The number of aromatic nitrogens is 2. The predicted molar refractivity (Wildman–Crippen MR) is 108 cm³/mol. The van der Waals surface area contributed by atoms with E-state index in [2.05, 4.69) is 30.7 Å². The molecule has 1 aromatic heterocycles. The molecule has 1 saturated heterocycles. The number of benzene rings is 1. The highest BCUT2D eigenvalue weighted by molar-refractivity contribution is 7.89. The van der Waals surface area contributed by atoms with Crippen molar-refractivity contribution in [2.75, 3.05) is 31.1 Å². The molecule has 0 radical (unpaired) electrons. The molecule has 0 aliphatic carbocycles. The third-order valence-corrected chi connectivity index (χ3v) is 6.75. The molecule has 0 unspecified atom stereocenters. The summed E-state index contributed by atoms with van der Waals surface area (Å²) in [6.07, 6.45) is 0. The zero-order chi connectivity index (χ0) is 20.5. The molecule has 1 aromatic carbocycles. The number of hydrogen-bond donors (Lipinski definition) is 0. The maximum atomic E-state index is 13.0. The fourth-order valence-electron chi connectivity index (χ4n) is 3.16. The van der Waals surface area contributed by atoms with Crippen molar-refractivity contribution in [3.8, 4) is 6.07 Å². The number of hydrogen-bond acceptors (Lipinski definition) is 6. The van der Waals surface area contributed by atoms with Gasteiger partial charge in [-0.1, -0.05) is 32.9 Å². The van der Waals surface area contributed by atoms with Crippen LogP contribution in [0.3, 0.4) is 0 Å². The third-order valence-electron chi connectivity index (χ3n) is 4.84. The minimum Gasteiger partial charge on any atom is -0.338 e. The molecular formula is C20H25N5O2S. The maximum Gasteiger partial charge on any atom is 0.243 e. The molecule has 0 bridgehead atoms. The minimum atomic E-state index is -3.54. The van der Waals surface area contributed by atoms with Gasteiger partial charge in [0.1, 0.15) is 11.8 Å². The average molecular weight is 400 g/mol. The van der Waals surface area contributed by atoms with E-state index in [0.29, 0.717) is 42.7 Å². The van der Waals surface area contributed by atoms with Crippen LogP contribution in [0.15, 0.2) is 35.2 Å². The number of aryl methyl sites for hydroxylation is 1. The Hall–Kier alpha value is -2.50. The number of anilines is 1. The first kappa shape index (κ1) is 20.2. The Morgan fingerprint density at radius 1 is 1.04 bits per heavy atom. The smallest absolute Gasteiger partial charge is 0.243 e. The Labute approximate surface area is 166 Å². The first-order valence-corrected chi connectivity index (χ1v) is 10.7. The van der Waals surface area contributed by atoms with E-state index in [1.54, 1.807) is 18.2 Å². The lowest BCUT2D eigenvalue weighted by Crippen LogP contribution is -2.49. The second-order valence-electron chi connectivity index (χ2n) is 7.97. The quantitative estimate of drug-likeness (QED) is 0.787. The van der Waals surface area contributed by atoms with Gasteiger partial charge in [-0.2, -0.15) is 9.57 Å². The van der Waals surface area contributed by atoms with Crippen LogP contribution in [0, 0.1) is 18.3 Å². The number of rotatable bonds is 3. The van der Waals surface area contributed by atoms with Crippen molar-refractivity contribution in [3.63, 3.8) is 0 Å². The predicted octanol–water partition coefficient (Wildman–Crippen LogP) is 2.47. The van der Waals surface area contributed by atoms with E-state index in [-0.39, 0.29) is 5.41 Å². The highest BCUT2D eigenvalue weighted by Crippen LogP contribution is 2.25. The van der Waals surface area contributed by atoms with Gasteiger partial charge >= 0.3 is 0 Å². The Bertz CT molecular complexity index is 996. The molecule has 1 aliphatic heterocycles. The summed E-state index contributed by atoms with van der Waals surface area (Å²) in [6.45, 7) is 9.77. The van der Waals surface area contributed by atoms with Crippen LogP contribution in [0.25, 0.3) is 0 Å².